The van der Waals surface area contributed by atoms with E-state index in [0.717, 1.165) is 10.6 Å². The molecule has 1 fully saturated rings. The van der Waals surface area contributed by atoms with E-state index in [-0.39, 0.29) is 24.0 Å². The second-order valence-corrected chi connectivity index (χ2v) is 8.45. The van der Waals surface area contributed by atoms with Gasteiger partial charge in [0.1, 0.15) is 5.75 Å². The number of anilines is 1. The summed E-state index contributed by atoms with van der Waals surface area (Å²) in [7, 11) is 1.59. The molecule has 31 heavy (non-hydrogen) atoms. The quantitative estimate of drug-likeness (QED) is 0.576. The maximum Gasteiger partial charge on any atom is 0.227 e. The molecule has 6 nitrogen and oxygen atoms in total. The number of nitrogens with zero attached hydrogens (tertiary/aromatic N) is 1. The van der Waals surface area contributed by atoms with E-state index in [0.29, 0.717) is 29.3 Å². The van der Waals surface area contributed by atoms with Gasteiger partial charge in [-0.25, -0.2) is 0 Å². The molecule has 2 heterocycles. The average molecular weight is 435 g/mol. The number of nitrogens with one attached hydrogen (secondary N) is 1. The molecule has 0 bridgehead atoms. The van der Waals surface area contributed by atoms with Crippen LogP contribution in [0.25, 0.3) is 0 Å². The van der Waals surface area contributed by atoms with Gasteiger partial charge in [-0.2, -0.15) is 0 Å². The molecule has 1 saturated heterocycles. The second-order valence-electron chi connectivity index (χ2n) is 7.28. The lowest BCUT2D eigenvalue weighted by molar-refractivity contribution is -0.126. The van der Waals surface area contributed by atoms with Crippen LogP contribution in [0.2, 0.25) is 0 Å². The summed E-state index contributed by atoms with van der Waals surface area (Å²) < 4.78 is 5.15. The van der Waals surface area contributed by atoms with Gasteiger partial charge in [0.25, 0.3) is 0 Å². The van der Waals surface area contributed by atoms with Gasteiger partial charge in [-0.1, -0.05) is 30.3 Å². The summed E-state index contributed by atoms with van der Waals surface area (Å²) in [5, 5.41) is 2.91. The van der Waals surface area contributed by atoms with E-state index in [1.54, 1.807) is 42.3 Å². The Hall–Kier alpha value is -3.45. The first-order valence-corrected chi connectivity index (χ1v) is 10.8. The van der Waals surface area contributed by atoms with Gasteiger partial charge in [0.05, 0.1) is 24.4 Å². The molecule has 0 spiro atoms. The number of benzene rings is 2. The first kappa shape index (κ1) is 20.8. The SMILES string of the molecule is COc1ccc(N2CC(C(=O)NCc3ccc(C(=O)c4ccccc4)s3)CC2=O)cc1. The van der Waals surface area contributed by atoms with Crippen LogP contribution in [0.15, 0.2) is 66.7 Å². The minimum atomic E-state index is -0.403. The van der Waals surface area contributed by atoms with Crippen molar-refractivity contribution in [2.24, 2.45) is 5.92 Å². The molecular formula is C24H22N2O4S. The lowest BCUT2D eigenvalue weighted by Gasteiger charge is -2.17. The summed E-state index contributed by atoms with van der Waals surface area (Å²) in [5.74, 6) is 0.0521. The van der Waals surface area contributed by atoms with Crippen molar-refractivity contribution in [3.8, 4) is 5.75 Å². The van der Waals surface area contributed by atoms with E-state index in [4.69, 9.17) is 4.74 Å². The zero-order valence-corrected chi connectivity index (χ0v) is 17.9. The predicted octanol–water partition coefficient (Wildman–Crippen LogP) is 3.66. The fraction of sp³-hybridized carbons (Fsp3) is 0.208. The molecule has 1 N–H and O–H groups in total. The van der Waals surface area contributed by atoms with Gasteiger partial charge in [-0.3, -0.25) is 14.4 Å². The molecule has 0 radical (unpaired) electrons. The summed E-state index contributed by atoms with van der Waals surface area (Å²) in [5.41, 5.74) is 1.39. The van der Waals surface area contributed by atoms with Crippen LogP contribution in [0.3, 0.4) is 0 Å². The standard InChI is InChI=1S/C24H22N2O4S/c1-30-19-9-7-18(8-10-19)26-15-17(13-22(26)27)24(29)25-14-20-11-12-21(31-20)23(28)16-5-3-2-4-6-16/h2-12,17H,13-15H2,1H3,(H,25,29). The van der Waals surface area contributed by atoms with E-state index in [1.165, 1.54) is 11.3 Å². The Morgan fingerprint density at radius 2 is 1.81 bits per heavy atom. The number of hydrogen-bond donors (Lipinski definition) is 1. The smallest absolute Gasteiger partial charge is 0.227 e. The van der Waals surface area contributed by atoms with Crippen LogP contribution < -0.4 is 15.0 Å². The van der Waals surface area contributed by atoms with E-state index < -0.39 is 5.92 Å². The molecule has 7 heteroatoms. The Kier molecular flexibility index (Phi) is 6.13. The zero-order valence-electron chi connectivity index (χ0n) is 17.0. The van der Waals surface area contributed by atoms with Crippen molar-refractivity contribution >= 4 is 34.6 Å². The summed E-state index contributed by atoms with van der Waals surface area (Å²) in [4.78, 5) is 40.7. The predicted molar refractivity (Wildman–Crippen MR) is 119 cm³/mol. The highest BCUT2D eigenvalue weighted by Gasteiger charge is 2.35. The van der Waals surface area contributed by atoms with Gasteiger partial charge in [-0.15, -0.1) is 11.3 Å². The molecule has 0 aliphatic carbocycles. The number of ether oxygens (including phenoxy) is 1. The van der Waals surface area contributed by atoms with Crippen LogP contribution in [0.1, 0.15) is 26.5 Å². The monoisotopic (exact) mass is 434 g/mol. The molecule has 1 aliphatic heterocycles. The highest BCUT2D eigenvalue weighted by atomic mass is 32.1. The first-order chi connectivity index (χ1) is 15.0. The molecule has 1 atom stereocenters. The molecule has 1 aromatic heterocycles. The minimum Gasteiger partial charge on any atom is -0.497 e. The van der Waals surface area contributed by atoms with Crippen LogP contribution in [0.5, 0.6) is 5.75 Å². The number of methoxy groups -OCH3 is 1. The van der Waals surface area contributed by atoms with Gasteiger partial charge in [0.15, 0.2) is 0 Å². The lowest BCUT2D eigenvalue weighted by Crippen LogP contribution is -2.32. The molecule has 1 unspecified atom stereocenters. The number of rotatable bonds is 7. The van der Waals surface area contributed by atoms with Crippen molar-refractivity contribution in [1.82, 2.24) is 5.32 Å². The number of thiophene rings is 1. The van der Waals surface area contributed by atoms with Crippen molar-refractivity contribution in [3.05, 3.63) is 82.0 Å². The van der Waals surface area contributed by atoms with Crippen LogP contribution in [-0.2, 0) is 16.1 Å². The first-order valence-electron chi connectivity index (χ1n) is 9.96. The van der Waals surface area contributed by atoms with Crippen LogP contribution in [0.4, 0.5) is 5.69 Å². The molecular weight excluding hydrogens is 412 g/mol. The third-order valence-electron chi connectivity index (χ3n) is 5.24. The lowest BCUT2D eigenvalue weighted by atomic mass is 10.1. The molecule has 158 valence electrons. The summed E-state index contributed by atoms with van der Waals surface area (Å²) in [6.07, 6.45) is 0.181. The van der Waals surface area contributed by atoms with Gasteiger partial charge in [-0.05, 0) is 36.4 Å². The molecule has 3 aromatic rings. The van der Waals surface area contributed by atoms with Crippen LogP contribution >= 0.6 is 11.3 Å². The van der Waals surface area contributed by atoms with E-state index in [1.807, 2.05) is 36.4 Å². The van der Waals surface area contributed by atoms with Gasteiger partial charge < -0.3 is 15.0 Å². The maximum absolute atomic E-state index is 12.6. The number of amides is 2. The summed E-state index contributed by atoms with van der Waals surface area (Å²) in [6, 6.07) is 20.0. The fourth-order valence-corrected chi connectivity index (χ4v) is 4.45. The number of carbonyl (C=O) groups is 3. The van der Waals surface area contributed by atoms with Crippen LogP contribution in [-0.4, -0.2) is 31.3 Å². The second kappa shape index (κ2) is 9.14. The minimum absolute atomic E-state index is 0.0281. The Balaban J connectivity index is 1.33. The van der Waals surface area contributed by atoms with Crippen molar-refractivity contribution in [1.29, 1.82) is 0 Å². The average Bonchev–Trinajstić information content (AvgIpc) is 3.44. The molecule has 1 aliphatic rings. The van der Waals surface area contributed by atoms with E-state index in [9.17, 15) is 14.4 Å². The van der Waals surface area contributed by atoms with Gasteiger partial charge >= 0.3 is 0 Å². The van der Waals surface area contributed by atoms with Crippen molar-refractivity contribution in [2.75, 3.05) is 18.6 Å². The third-order valence-corrected chi connectivity index (χ3v) is 6.32. The van der Waals surface area contributed by atoms with Gasteiger partial charge in [0.2, 0.25) is 17.6 Å². The topological polar surface area (TPSA) is 75.7 Å². The molecule has 4 rings (SSSR count). The Morgan fingerprint density at radius 3 is 2.52 bits per heavy atom. The molecule has 0 saturated carbocycles. The van der Waals surface area contributed by atoms with E-state index in [2.05, 4.69) is 5.32 Å². The summed E-state index contributed by atoms with van der Waals surface area (Å²) >= 11 is 1.37. The zero-order chi connectivity index (χ0) is 21.8. The van der Waals surface area contributed by atoms with E-state index >= 15 is 0 Å². The Labute approximate surface area is 184 Å². The van der Waals surface area contributed by atoms with Crippen LogP contribution in [0, 0.1) is 5.92 Å². The van der Waals surface area contributed by atoms with Gasteiger partial charge in [0, 0.05) is 29.1 Å². The Bertz CT molecular complexity index is 1090. The normalized spacial score (nSPS) is 15.7. The van der Waals surface area contributed by atoms with Crippen molar-refractivity contribution in [2.45, 2.75) is 13.0 Å². The number of hydrogen-bond acceptors (Lipinski definition) is 5. The number of ketones is 1. The Morgan fingerprint density at radius 1 is 1.06 bits per heavy atom. The fourth-order valence-electron chi connectivity index (χ4n) is 3.54. The largest absolute Gasteiger partial charge is 0.497 e. The van der Waals surface area contributed by atoms with Crippen molar-refractivity contribution in [3.63, 3.8) is 0 Å². The highest BCUT2D eigenvalue weighted by molar-refractivity contribution is 7.14. The highest BCUT2D eigenvalue weighted by Crippen LogP contribution is 2.27. The number of carbonyl (C=O) groups excluding carboxylic acids is 3. The third kappa shape index (κ3) is 4.67. The molecule has 2 aromatic carbocycles. The maximum atomic E-state index is 12.6. The summed E-state index contributed by atoms with van der Waals surface area (Å²) in [6.45, 7) is 0.679. The molecule has 2 amide bonds. The van der Waals surface area contributed by atoms with Crippen molar-refractivity contribution < 1.29 is 19.1 Å².